The van der Waals surface area contributed by atoms with Crippen LogP contribution < -0.4 is 10.2 Å². The molecule has 0 saturated carbocycles. The number of amides is 1. The van der Waals surface area contributed by atoms with Crippen LogP contribution in [0.5, 0.6) is 0 Å². The molecule has 0 spiro atoms. The van der Waals surface area contributed by atoms with Crippen molar-refractivity contribution in [2.75, 3.05) is 23.3 Å². The van der Waals surface area contributed by atoms with E-state index in [2.05, 4.69) is 39.8 Å². The van der Waals surface area contributed by atoms with Crippen LogP contribution >= 0.6 is 34.2 Å². The molecule has 184 valence electrons. The fourth-order valence-electron chi connectivity index (χ4n) is 4.31. The Bertz CT molecular complexity index is 1480. The summed E-state index contributed by atoms with van der Waals surface area (Å²) in [6.07, 6.45) is 1.97. The largest absolute Gasteiger partial charge is 0.436 e. The third-order valence-electron chi connectivity index (χ3n) is 6.36. The highest BCUT2D eigenvalue weighted by Gasteiger charge is 2.25. The van der Waals surface area contributed by atoms with Gasteiger partial charge in [0.05, 0.1) is 15.5 Å². The molecule has 1 saturated heterocycles. The highest BCUT2D eigenvalue weighted by molar-refractivity contribution is 14.1. The Hall–Kier alpha value is -3.18. The molecule has 10 heteroatoms. The highest BCUT2D eigenvalue weighted by Crippen LogP contribution is 2.34. The minimum Gasteiger partial charge on any atom is -0.436 e. The molecule has 4 aromatic rings. The van der Waals surface area contributed by atoms with E-state index in [4.69, 9.17) is 16.0 Å². The summed E-state index contributed by atoms with van der Waals surface area (Å²) >= 11 is 8.51. The molecular weight excluding hydrogens is 595 g/mol. The first-order valence-corrected chi connectivity index (χ1v) is 12.9. The molecular formula is C26H22ClIN4O4. The van der Waals surface area contributed by atoms with Crippen LogP contribution in [0.1, 0.15) is 30.1 Å². The molecule has 2 heterocycles. The molecule has 1 aromatic heterocycles. The minimum atomic E-state index is -0.444. The van der Waals surface area contributed by atoms with Gasteiger partial charge in [0.15, 0.2) is 5.58 Å². The van der Waals surface area contributed by atoms with Gasteiger partial charge < -0.3 is 14.6 Å². The Labute approximate surface area is 225 Å². The van der Waals surface area contributed by atoms with E-state index in [1.54, 1.807) is 36.4 Å². The monoisotopic (exact) mass is 616 g/mol. The van der Waals surface area contributed by atoms with Gasteiger partial charge in [0.1, 0.15) is 11.2 Å². The minimum absolute atomic E-state index is 0.0665. The number of nitro benzene ring substituents is 1. The van der Waals surface area contributed by atoms with Gasteiger partial charge in [0.25, 0.3) is 11.6 Å². The first-order valence-electron chi connectivity index (χ1n) is 11.5. The van der Waals surface area contributed by atoms with Gasteiger partial charge in [-0.25, -0.2) is 4.98 Å². The maximum absolute atomic E-state index is 13.0. The van der Waals surface area contributed by atoms with E-state index >= 15 is 0 Å². The molecule has 1 N–H and O–H groups in total. The molecule has 3 aromatic carbocycles. The van der Waals surface area contributed by atoms with Crippen molar-refractivity contribution < 1.29 is 14.1 Å². The summed E-state index contributed by atoms with van der Waals surface area (Å²) in [5, 5.41) is 15.1. The fraction of sp³-hybridized carbons (Fsp3) is 0.231. The molecule has 5 rings (SSSR count). The van der Waals surface area contributed by atoms with Crippen molar-refractivity contribution in [1.82, 2.24) is 4.98 Å². The van der Waals surface area contributed by atoms with E-state index in [0.29, 0.717) is 44.9 Å². The van der Waals surface area contributed by atoms with Gasteiger partial charge in [0, 0.05) is 34.0 Å². The average Bonchev–Trinajstić information content (AvgIpc) is 3.29. The van der Waals surface area contributed by atoms with Crippen molar-refractivity contribution in [2.45, 2.75) is 19.8 Å². The maximum Gasteiger partial charge on any atom is 0.293 e. The second-order valence-corrected chi connectivity index (χ2v) is 10.6. The number of carbonyl (C=O) groups excluding carboxylic acids is 1. The predicted octanol–water partition coefficient (Wildman–Crippen LogP) is 7.15. The number of nitro groups is 1. The van der Waals surface area contributed by atoms with E-state index in [-0.39, 0.29) is 11.3 Å². The van der Waals surface area contributed by atoms with Crippen LogP contribution in [0.3, 0.4) is 0 Å². The van der Waals surface area contributed by atoms with Gasteiger partial charge in [-0.2, -0.15) is 0 Å². The second-order valence-electron chi connectivity index (χ2n) is 8.91. The summed E-state index contributed by atoms with van der Waals surface area (Å²) < 4.78 is 6.86. The van der Waals surface area contributed by atoms with Gasteiger partial charge >= 0.3 is 0 Å². The summed E-state index contributed by atoms with van der Waals surface area (Å²) in [4.78, 5) is 30.9. The quantitative estimate of drug-likeness (QED) is 0.145. The van der Waals surface area contributed by atoms with Crippen molar-refractivity contribution in [3.05, 3.63) is 78.9 Å². The SMILES string of the molecule is CC1CCN(c2ccc(C(=O)Nc3ccc4oc(-c5cc(I)ccc5Cl)nc4c3)cc2[N+](=O)[O-])CC1. The normalized spacial score (nSPS) is 14.2. The highest BCUT2D eigenvalue weighted by atomic mass is 127. The first kappa shape index (κ1) is 24.5. The van der Waals surface area contributed by atoms with Crippen LogP contribution in [0.4, 0.5) is 17.1 Å². The zero-order chi connectivity index (χ0) is 25.4. The van der Waals surface area contributed by atoms with Crippen LogP contribution in [-0.2, 0) is 0 Å². The second kappa shape index (κ2) is 10.1. The lowest BCUT2D eigenvalue weighted by Crippen LogP contribution is -2.33. The van der Waals surface area contributed by atoms with E-state index in [9.17, 15) is 14.9 Å². The smallest absolute Gasteiger partial charge is 0.293 e. The van der Waals surface area contributed by atoms with Gasteiger partial charge in [-0.1, -0.05) is 18.5 Å². The van der Waals surface area contributed by atoms with Gasteiger partial charge in [0.2, 0.25) is 5.89 Å². The number of aromatic nitrogens is 1. The Morgan fingerprint density at radius 3 is 2.69 bits per heavy atom. The predicted molar refractivity (Wildman–Crippen MR) is 149 cm³/mol. The number of fused-ring (bicyclic) bond motifs is 1. The number of benzene rings is 3. The molecule has 8 nitrogen and oxygen atoms in total. The Morgan fingerprint density at radius 2 is 1.94 bits per heavy atom. The summed E-state index contributed by atoms with van der Waals surface area (Å²) in [5.41, 5.74) is 2.98. The maximum atomic E-state index is 13.0. The summed E-state index contributed by atoms with van der Waals surface area (Å²) in [6, 6.07) is 15.3. The van der Waals surface area contributed by atoms with Gasteiger partial charge in [-0.3, -0.25) is 14.9 Å². The number of halogens is 2. The number of piperidine rings is 1. The first-order chi connectivity index (χ1) is 17.3. The van der Waals surface area contributed by atoms with E-state index in [1.807, 2.05) is 17.0 Å². The molecule has 0 atom stereocenters. The number of oxazole rings is 1. The van der Waals surface area contributed by atoms with Gasteiger partial charge in [-0.05, 0) is 89.9 Å². The molecule has 1 fully saturated rings. The third-order valence-corrected chi connectivity index (χ3v) is 7.36. The molecule has 1 amide bonds. The van der Waals surface area contributed by atoms with Crippen molar-refractivity contribution in [2.24, 2.45) is 5.92 Å². The third kappa shape index (κ3) is 5.03. The Morgan fingerprint density at radius 1 is 1.17 bits per heavy atom. The lowest BCUT2D eigenvalue weighted by Gasteiger charge is -2.31. The van der Waals surface area contributed by atoms with Crippen LogP contribution in [0.2, 0.25) is 5.02 Å². The molecule has 0 unspecified atom stereocenters. The fourth-order valence-corrected chi connectivity index (χ4v) is 5.00. The lowest BCUT2D eigenvalue weighted by molar-refractivity contribution is -0.384. The topological polar surface area (TPSA) is 102 Å². The van der Waals surface area contributed by atoms with Crippen LogP contribution in [0.25, 0.3) is 22.6 Å². The van der Waals surface area contributed by atoms with E-state index < -0.39 is 10.8 Å². The van der Waals surface area contributed by atoms with E-state index in [0.717, 1.165) is 29.5 Å². The number of hydrogen-bond acceptors (Lipinski definition) is 6. The van der Waals surface area contributed by atoms with Crippen molar-refractivity contribution in [3.63, 3.8) is 0 Å². The van der Waals surface area contributed by atoms with Crippen LogP contribution in [0, 0.1) is 19.6 Å². The number of nitrogens with one attached hydrogen (secondary N) is 1. The molecule has 0 aliphatic carbocycles. The summed E-state index contributed by atoms with van der Waals surface area (Å²) in [7, 11) is 0. The number of carbonyl (C=O) groups is 1. The van der Waals surface area contributed by atoms with Crippen molar-refractivity contribution in [1.29, 1.82) is 0 Å². The molecule has 36 heavy (non-hydrogen) atoms. The van der Waals surface area contributed by atoms with Crippen LogP contribution in [0.15, 0.2) is 59.0 Å². The molecule has 1 aliphatic heterocycles. The standard InChI is InChI=1S/C26H22ClIN4O4/c1-15-8-10-31(11-9-15)22-6-2-16(12-23(22)32(34)35)25(33)29-18-4-7-24-21(14-18)30-26(36-24)19-13-17(28)3-5-20(19)27/h2-7,12-15H,8-11H2,1H3,(H,29,33). The number of rotatable bonds is 5. The average molecular weight is 617 g/mol. The molecule has 1 aliphatic rings. The summed E-state index contributed by atoms with van der Waals surface area (Å²) in [6.45, 7) is 3.72. The van der Waals surface area contributed by atoms with Crippen LogP contribution in [-0.4, -0.2) is 28.9 Å². The van der Waals surface area contributed by atoms with Crippen molar-refractivity contribution >= 4 is 68.3 Å². The Kier molecular flexibility index (Phi) is 6.85. The zero-order valence-electron chi connectivity index (χ0n) is 19.3. The number of anilines is 2. The molecule has 0 radical (unpaired) electrons. The van der Waals surface area contributed by atoms with Gasteiger partial charge in [-0.15, -0.1) is 0 Å². The number of hydrogen-bond donors (Lipinski definition) is 1. The lowest BCUT2D eigenvalue weighted by atomic mass is 9.98. The Balaban J connectivity index is 1.38. The zero-order valence-corrected chi connectivity index (χ0v) is 22.2. The van der Waals surface area contributed by atoms with E-state index in [1.165, 1.54) is 6.07 Å². The van der Waals surface area contributed by atoms with Crippen molar-refractivity contribution in [3.8, 4) is 11.5 Å². The number of nitrogens with zero attached hydrogens (tertiary/aromatic N) is 3. The summed E-state index contributed by atoms with van der Waals surface area (Å²) in [5.74, 6) is 0.549. The molecule has 0 bridgehead atoms.